The van der Waals surface area contributed by atoms with Crippen LogP contribution in [0.2, 0.25) is 0 Å². The number of ether oxygens (including phenoxy) is 2. The Morgan fingerprint density at radius 2 is 1.79 bits per heavy atom. The highest BCUT2D eigenvalue weighted by atomic mass is 16.5. The average Bonchev–Trinajstić information content (AvgIpc) is 3.27. The van der Waals surface area contributed by atoms with Crippen LogP contribution >= 0.6 is 0 Å². The normalized spacial score (nSPS) is 19.6. The minimum atomic E-state index is -0.158. The van der Waals surface area contributed by atoms with Crippen molar-refractivity contribution in [1.82, 2.24) is 10.2 Å². The fourth-order valence-corrected chi connectivity index (χ4v) is 4.43. The zero-order valence-corrected chi connectivity index (χ0v) is 16.9. The maximum Gasteiger partial charge on any atom is 0.287 e. The van der Waals surface area contributed by atoms with Crippen LogP contribution in [0.1, 0.15) is 48.4 Å². The molecule has 156 valence electrons. The number of hydrogen-bond donors (Lipinski definition) is 1. The molecule has 0 unspecified atom stereocenters. The molecule has 0 spiro atoms. The number of nitrogens with one attached hydrogen (secondary N) is 1. The van der Waals surface area contributed by atoms with Gasteiger partial charge in [-0.05, 0) is 37.1 Å². The van der Waals surface area contributed by atoms with Crippen molar-refractivity contribution in [2.45, 2.75) is 44.2 Å². The van der Waals surface area contributed by atoms with Gasteiger partial charge >= 0.3 is 0 Å². The summed E-state index contributed by atoms with van der Waals surface area (Å²) >= 11 is 0. The lowest BCUT2D eigenvalue weighted by Gasteiger charge is -2.48. The lowest BCUT2D eigenvalue weighted by Crippen LogP contribution is -2.59. The molecule has 1 saturated carbocycles. The summed E-state index contributed by atoms with van der Waals surface area (Å²) in [5.74, 6) is 1.60. The zero-order valence-electron chi connectivity index (χ0n) is 16.9. The van der Waals surface area contributed by atoms with Gasteiger partial charge < -0.3 is 19.2 Å². The highest BCUT2D eigenvalue weighted by molar-refractivity contribution is 5.91. The first-order valence-corrected chi connectivity index (χ1v) is 10.6. The van der Waals surface area contributed by atoms with Crippen LogP contribution in [-0.2, 0) is 11.3 Å². The molecule has 1 aromatic carbocycles. The molecule has 29 heavy (non-hydrogen) atoms. The first kappa shape index (κ1) is 20.0. The topological polar surface area (TPSA) is 63.9 Å². The van der Waals surface area contributed by atoms with Crippen LogP contribution in [-0.4, -0.2) is 49.2 Å². The highest BCUT2D eigenvalue weighted by Gasteiger charge is 2.39. The molecule has 2 fully saturated rings. The van der Waals surface area contributed by atoms with Crippen LogP contribution in [0.3, 0.4) is 0 Å². The number of amides is 1. The molecule has 1 amide bonds. The standard InChI is InChI=1S/C23H30N2O4/c26-22(21-10-9-20(29-21)17-28-19-7-3-1-4-8-19)24-18-23(11-5-2-6-12-23)25-13-15-27-16-14-25/h1,3-4,7-10H,2,5-6,11-18H2,(H,24,26). The number of carbonyl (C=O) groups excluding carboxylic acids is 1. The molecule has 2 aliphatic rings. The van der Waals surface area contributed by atoms with E-state index in [-0.39, 0.29) is 11.4 Å². The van der Waals surface area contributed by atoms with E-state index in [1.807, 2.05) is 30.3 Å². The van der Waals surface area contributed by atoms with Crippen molar-refractivity contribution in [2.24, 2.45) is 0 Å². The Hall–Kier alpha value is -2.31. The van der Waals surface area contributed by atoms with Crippen LogP contribution in [0.15, 0.2) is 46.9 Å². The first-order chi connectivity index (χ1) is 14.3. The van der Waals surface area contributed by atoms with E-state index in [9.17, 15) is 4.79 Å². The predicted molar refractivity (Wildman–Crippen MR) is 110 cm³/mol. The molecule has 1 aromatic heterocycles. The van der Waals surface area contributed by atoms with Gasteiger partial charge in [0.15, 0.2) is 5.76 Å². The van der Waals surface area contributed by atoms with E-state index in [4.69, 9.17) is 13.9 Å². The third-order valence-corrected chi connectivity index (χ3v) is 6.05. The number of hydrogen-bond acceptors (Lipinski definition) is 5. The van der Waals surface area contributed by atoms with Crippen LogP contribution in [0.4, 0.5) is 0 Å². The van der Waals surface area contributed by atoms with Crippen molar-refractivity contribution in [3.05, 3.63) is 54.0 Å². The molecule has 2 aromatic rings. The van der Waals surface area contributed by atoms with E-state index in [0.29, 0.717) is 24.7 Å². The van der Waals surface area contributed by atoms with Crippen LogP contribution in [0.5, 0.6) is 5.75 Å². The highest BCUT2D eigenvalue weighted by Crippen LogP contribution is 2.34. The summed E-state index contributed by atoms with van der Waals surface area (Å²) in [6.45, 7) is 4.39. The molecule has 2 heterocycles. The van der Waals surface area contributed by atoms with Gasteiger partial charge in [0.1, 0.15) is 18.1 Å². The summed E-state index contributed by atoms with van der Waals surface area (Å²) in [6, 6.07) is 13.1. The Labute approximate surface area is 172 Å². The van der Waals surface area contributed by atoms with E-state index >= 15 is 0 Å². The Morgan fingerprint density at radius 1 is 1.03 bits per heavy atom. The van der Waals surface area contributed by atoms with Gasteiger partial charge in [0.05, 0.1) is 13.2 Å². The average molecular weight is 399 g/mol. The van der Waals surface area contributed by atoms with E-state index in [2.05, 4.69) is 10.2 Å². The summed E-state index contributed by atoms with van der Waals surface area (Å²) < 4.78 is 16.9. The molecular formula is C23H30N2O4. The summed E-state index contributed by atoms with van der Waals surface area (Å²) in [7, 11) is 0. The van der Waals surface area contributed by atoms with Crippen molar-refractivity contribution in [1.29, 1.82) is 0 Å². The maximum absolute atomic E-state index is 12.7. The second kappa shape index (κ2) is 9.46. The van der Waals surface area contributed by atoms with E-state index in [0.717, 1.165) is 44.9 Å². The molecule has 0 bridgehead atoms. The van der Waals surface area contributed by atoms with Gasteiger partial charge in [0, 0.05) is 25.2 Å². The molecule has 6 heteroatoms. The van der Waals surface area contributed by atoms with Gasteiger partial charge in [-0.3, -0.25) is 9.69 Å². The number of furan rings is 1. The van der Waals surface area contributed by atoms with Crippen LogP contribution in [0, 0.1) is 0 Å². The number of benzene rings is 1. The Bertz CT molecular complexity index is 777. The van der Waals surface area contributed by atoms with Crippen molar-refractivity contribution in [3.8, 4) is 5.75 Å². The molecule has 4 rings (SSSR count). The van der Waals surface area contributed by atoms with Crippen molar-refractivity contribution in [2.75, 3.05) is 32.8 Å². The summed E-state index contributed by atoms with van der Waals surface area (Å²) in [6.07, 6.45) is 5.97. The van der Waals surface area contributed by atoms with Crippen molar-refractivity contribution < 1.29 is 18.7 Å². The number of rotatable bonds is 7. The molecule has 0 radical (unpaired) electrons. The van der Waals surface area contributed by atoms with E-state index < -0.39 is 0 Å². The quantitative estimate of drug-likeness (QED) is 0.772. The van der Waals surface area contributed by atoms with Crippen LogP contribution < -0.4 is 10.1 Å². The number of para-hydroxylation sites is 1. The van der Waals surface area contributed by atoms with Crippen LogP contribution in [0.25, 0.3) is 0 Å². The fraction of sp³-hybridized carbons (Fsp3) is 0.522. The predicted octanol–water partition coefficient (Wildman–Crippen LogP) is 3.62. The van der Waals surface area contributed by atoms with Crippen molar-refractivity contribution >= 4 is 5.91 Å². The van der Waals surface area contributed by atoms with Gasteiger partial charge in [-0.2, -0.15) is 0 Å². The van der Waals surface area contributed by atoms with E-state index in [1.54, 1.807) is 12.1 Å². The van der Waals surface area contributed by atoms with Gasteiger partial charge in [0.25, 0.3) is 5.91 Å². The summed E-state index contributed by atoms with van der Waals surface area (Å²) in [4.78, 5) is 15.2. The second-order valence-corrected chi connectivity index (χ2v) is 7.93. The minimum absolute atomic E-state index is 0.0452. The molecule has 1 N–H and O–H groups in total. The van der Waals surface area contributed by atoms with Gasteiger partial charge in [-0.15, -0.1) is 0 Å². The molecular weight excluding hydrogens is 368 g/mol. The Kier molecular flexibility index (Phi) is 6.52. The second-order valence-electron chi connectivity index (χ2n) is 7.93. The Balaban J connectivity index is 1.34. The van der Waals surface area contributed by atoms with Gasteiger partial charge in [-0.25, -0.2) is 0 Å². The molecule has 0 atom stereocenters. The van der Waals surface area contributed by atoms with E-state index in [1.165, 1.54) is 19.3 Å². The molecule has 6 nitrogen and oxygen atoms in total. The fourth-order valence-electron chi connectivity index (χ4n) is 4.43. The Morgan fingerprint density at radius 3 is 2.55 bits per heavy atom. The largest absolute Gasteiger partial charge is 0.486 e. The summed E-state index contributed by atoms with van der Waals surface area (Å²) in [5.41, 5.74) is 0.0452. The number of morpholine rings is 1. The third-order valence-electron chi connectivity index (χ3n) is 6.05. The molecule has 1 saturated heterocycles. The molecule has 1 aliphatic carbocycles. The first-order valence-electron chi connectivity index (χ1n) is 10.6. The van der Waals surface area contributed by atoms with Gasteiger partial charge in [0.2, 0.25) is 0 Å². The summed E-state index contributed by atoms with van der Waals surface area (Å²) in [5, 5.41) is 3.14. The zero-order chi connectivity index (χ0) is 19.9. The third kappa shape index (κ3) is 5.00. The van der Waals surface area contributed by atoms with Gasteiger partial charge in [-0.1, -0.05) is 37.5 Å². The number of carbonyl (C=O) groups is 1. The minimum Gasteiger partial charge on any atom is -0.486 e. The van der Waals surface area contributed by atoms with Crippen molar-refractivity contribution in [3.63, 3.8) is 0 Å². The molecule has 1 aliphatic heterocycles. The lowest BCUT2D eigenvalue weighted by atomic mass is 9.79. The smallest absolute Gasteiger partial charge is 0.287 e. The number of nitrogens with zero attached hydrogens (tertiary/aromatic N) is 1. The SMILES string of the molecule is O=C(NCC1(N2CCOCC2)CCCCC1)c1ccc(COc2ccccc2)o1. The lowest BCUT2D eigenvalue weighted by molar-refractivity contribution is -0.0362. The monoisotopic (exact) mass is 398 g/mol. The maximum atomic E-state index is 12.7.